The third-order valence-corrected chi connectivity index (χ3v) is 7.18. The second-order valence-corrected chi connectivity index (χ2v) is 9.31. The minimum Gasteiger partial charge on any atom is -0.149 e. The number of unbranched alkanes of at least 4 members (excludes halogenated alkanes) is 6. The third-order valence-electron chi connectivity index (χ3n) is 5.22. The normalized spacial score (nSPS) is 11.2. The van der Waals surface area contributed by atoms with Crippen molar-refractivity contribution in [3.8, 4) is 21.1 Å². The van der Waals surface area contributed by atoms with Gasteiger partial charge in [-0.3, -0.25) is 0 Å². The first-order valence-electron chi connectivity index (χ1n) is 10.8. The Hall–Kier alpha value is -1.52. The summed E-state index contributed by atoms with van der Waals surface area (Å²) in [7, 11) is 0. The summed E-state index contributed by atoms with van der Waals surface area (Å²) in [5, 5.41) is 13.6. The largest absolute Gasteiger partial charge is 0.149 e. The molecular formula is C24H32N2S2. The fourth-order valence-electron chi connectivity index (χ4n) is 3.57. The molecular weight excluding hydrogens is 380 g/mol. The molecule has 0 fully saturated rings. The van der Waals surface area contributed by atoms with Crippen molar-refractivity contribution in [2.75, 3.05) is 0 Å². The smallest absolute Gasteiger partial charge is 0.103 e. The Balaban J connectivity index is 1.67. The summed E-state index contributed by atoms with van der Waals surface area (Å²) in [6.07, 6.45) is 12.7. The molecule has 150 valence electrons. The molecule has 0 saturated heterocycles. The van der Waals surface area contributed by atoms with Gasteiger partial charge in [0.1, 0.15) is 11.4 Å². The Morgan fingerprint density at radius 2 is 1.07 bits per heavy atom. The van der Waals surface area contributed by atoms with E-state index in [1.165, 1.54) is 72.2 Å². The molecule has 0 atom stereocenters. The molecule has 0 aliphatic rings. The molecule has 0 aliphatic carbocycles. The number of hydrogen-bond donors (Lipinski definition) is 0. The molecule has 3 heterocycles. The van der Waals surface area contributed by atoms with Gasteiger partial charge in [0.15, 0.2) is 0 Å². The van der Waals surface area contributed by atoms with E-state index in [-0.39, 0.29) is 0 Å². The molecule has 28 heavy (non-hydrogen) atoms. The van der Waals surface area contributed by atoms with Gasteiger partial charge in [0, 0.05) is 0 Å². The summed E-state index contributed by atoms with van der Waals surface area (Å²) in [4.78, 5) is 2.59. The van der Waals surface area contributed by atoms with E-state index in [9.17, 15) is 0 Å². The molecule has 0 saturated carbocycles. The van der Waals surface area contributed by atoms with Crippen LogP contribution >= 0.6 is 22.7 Å². The molecule has 0 spiro atoms. The molecule has 0 N–H and O–H groups in total. The molecule has 0 unspecified atom stereocenters. The molecule has 0 aromatic carbocycles. The van der Waals surface area contributed by atoms with Crippen LogP contribution in [0.2, 0.25) is 0 Å². The highest BCUT2D eigenvalue weighted by atomic mass is 32.1. The standard InChI is InChI=1S/C24H32N2S2/c1-3-5-7-9-11-19-15-17-27-23(19)21-13-14-22(26-25-21)24-20(16-18-28-24)12-10-8-6-4-2/h13-18H,3-12H2,1-2H3. The zero-order valence-corrected chi connectivity index (χ0v) is 18.9. The Morgan fingerprint density at radius 1 is 0.607 bits per heavy atom. The maximum Gasteiger partial charge on any atom is 0.103 e. The Morgan fingerprint density at radius 3 is 1.46 bits per heavy atom. The lowest BCUT2D eigenvalue weighted by molar-refractivity contribution is 0.667. The quantitative estimate of drug-likeness (QED) is 0.280. The van der Waals surface area contributed by atoms with Crippen LogP contribution in [0.4, 0.5) is 0 Å². The predicted molar refractivity (Wildman–Crippen MR) is 124 cm³/mol. The van der Waals surface area contributed by atoms with Crippen molar-refractivity contribution in [3.63, 3.8) is 0 Å². The van der Waals surface area contributed by atoms with Crippen LogP contribution in [0.25, 0.3) is 21.1 Å². The van der Waals surface area contributed by atoms with Gasteiger partial charge in [-0.15, -0.1) is 32.9 Å². The summed E-state index contributed by atoms with van der Waals surface area (Å²) in [5.74, 6) is 0. The minimum absolute atomic E-state index is 1.02. The van der Waals surface area contributed by atoms with Gasteiger partial charge < -0.3 is 0 Å². The van der Waals surface area contributed by atoms with Gasteiger partial charge in [-0.1, -0.05) is 52.4 Å². The molecule has 0 amide bonds. The topological polar surface area (TPSA) is 25.8 Å². The van der Waals surface area contributed by atoms with Gasteiger partial charge in [-0.05, 0) is 71.8 Å². The van der Waals surface area contributed by atoms with Crippen molar-refractivity contribution in [1.82, 2.24) is 10.2 Å². The number of rotatable bonds is 12. The summed E-state index contributed by atoms with van der Waals surface area (Å²) >= 11 is 3.58. The molecule has 2 nitrogen and oxygen atoms in total. The fourth-order valence-corrected chi connectivity index (χ4v) is 5.41. The summed E-state index contributed by atoms with van der Waals surface area (Å²) in [6, 6.07) is 8.83. The lowest BCUT2D eigenvalue weighted by Gasteiger charge is -2.06. The first-order valence-corrected chi connectivity index (χ1v) is 12.6. The molecule has 0 bridgehead atoms. The van der Waals surface area contributed by atoms with Gasteiger partial charge >= 0.3 is 0 Å². The molecule has 3 aromatic rings. The van der Waals surface area contributed by atoms with Gasteiger partial charge in [-0.2, -0.15) is 0 Å². The van der Waals surface area contributed by atoms with Gasteiger partial charge in [0.2, 0.25) is 0 Å². The number of hydrogen-bond acceptors (Lipinski definition) is 4. The van der Waals surface area contributed by atoms with Gasteiger partial charge in [0.25, 0.3) is 0 Å². The van der Waals surface area contributed by atoms with Crippen LogP contribution in [-0.2, 0) is 12.8 Å². The van der Waals surface area contributed by atoms with E-state index < -0.39 is 0 Å². The molecule has 3 rings (SSSR count). The van der Waals surface area contributed by atoms with Crippen molar-refractivity contribution in [3.05, 3.63) is 46.2 Å². The first-order chi connectivity index (χ1) is 13.8. The van der Waals surface area contributed by atoms with Crippen LogP contribution in [0, 0.1) is 0 Å². The number of nitrogens with zero attached hydrogens (tertiary/aromatic N) is 2. The molecule has 3 aromatic heterocycles. The van der Waals surface area contributed by atoms with E-state index in [1.807, 2.05) is 0 Å². The average Bonchev–Trinajstić information content (AvgIpc) is 3.38. The summed E-state index contributed by atoms with van der Waals surface area (Å²) < 4.78 is 0. The Bertz CT molecular complexity index is 748. The SMILES string of the molecule is CCCCCCc1ccsc1-c1ccc(-c2sccc2CCCCCC)nn1. The van der Waals surface area contributed by atoms with E-state index in [0.29, 0.717) is 0 Å². The highest BCUT2D eigenvalue weighted by Crippen LogP contribution is 2.32. The van der Waals surface area contributed by atoms with Crippen molar-refractivity contribution < 1.29 is 0 Å². The fraction of sp³-hybridized carbons (Fsp3) is 0.500. The van der Waals surface area contributed by atoms with Crippen molar-refractivity contribution >= 4 is 22.7 Å². The Labute approximate surface area is 178 Å². The van der Waals surface area contributed by atoms with E-state index in [2.05, 4.69) is 59.1 Å². The van der Waals surface area contributed by atoms with Crippen molar-refractivity contribution in [1.29, 1.82) is 0 Å². The molecule has 4 heteroatoms. The van der Waals surface area contributed by atoms with Crippen molar-refractivity contribution in [2.45, 2.75) is 78.1 Å². The lowest BCUT2D eigenvalue weighted by atomic mass is 10.0. The molecule has 0 aliphatic heterocycles. The van der Waals surface area contributed by atoms with Crippen molar-refractivity contribution in [2.24, 2.45) is 0 Å². The monoisotopic (exact) mass is 412 g/mol. The highest BCUT2D eigenvalue weighted by molar-refractivity contribution is 7.14. The second kappa shape index (κ2) is 11.5. The number of thiophene rings is 2. The maximum atomic E-state index is 4.60. The van der Waals surface area contributed by atoms with Crippen LogP contribution < -0.4 is 0 Å². The first kappa shape index (κ1) is 21.2. The van der Waals surface area contributed by atoms with E-state index >= 15 is 0 Å². The third kappa shape index (κ3) is 5.74. The van der Waals surface area contributed by atoms with E-state index in [1.54, 1.807) is 22.7 Å². The van der Waals surface area contributed by atoms with Crippen LogP contribution in [0.5, 0.6) is 0 Å². The molecule has 0 radical (unpaired) electrons. The summed E-state index contributed by atoms with van der Waals surface area (Å²) in [6.45, 7) is 4.52. The zero-order valence-electron chi connectivity index (χ0n) is 17.2. The van der Waals surface area contributed by atoms with Crippen LogP contribution in [-0.4, -0.2) is 10.2 Å². The Kier molecular flexibility index (Phi) is 8.69. The zero-order chi connectivity index (χ0) is 19.6. The van der Waals surface area contributed by atoms with Gasteiger partial charge in [-0.25, -0.2) is 0 Å². The average molecular weight is 413 g/mol. The van der Waals surface area contributed by atoms with Crippen LogP contribution in [0.15, 0.2) is 35.0 Å². The maximum absolute atomic E-state index is 4.60. The highest BCUT2D eigenvalue weighted by Gasteiger charge is 2.12. The van der Waals surface area contributed by atoms with Crippen LogP contribution in [0.3, 0.4) is 0 Å². The number of aromatic nitrogens is 2. The van der Waals surface area contributed by atoms with E-state index in [0.717, 1.165) is 24.2 Å². The number of aryl methyl sites for hydroxylation is 2. The summed E-state index contributed by atoms with van der Waals surface area (Å²) in [5.41, 5.74) is 4.89. The van der Waals surface area contributed by atoms with Crippen LogP contribution in [0.1, 0.15) is 76.3 Å². The lowest BCUT2D eigenvalue weighted by Crippen LogP contribution is -1.93. The predicted octanol–water partition coefficient (Wildman–Crippen LogP) is 8.18. The van der Waals surface area contributed by atoms with Gasteiger partial charge in [0.05, 0.1) is 9.75 Å². The second-order valence-electron chi connectivity index (χ2n) is 7.48. The minimum atomic E-state index is 1.02. The van der Waals surface area contributed by atoms with E-state index in [4.69, 9.17) is 0 Å².